The molecule has 0 radical (unpaired) electrons. The average molecular weight is 336 g/mol. The summed E-state index contributed by atoms with van der Waals surface area (Å²) < 4.78 is 25.3. The van der Waals surface area contributed by atoms with E-state index in [1.54, 1.807) is 24.3 Å². The number of carbonyl (C=O) groups excluding carboxylic acids is 1. The van der Waals surface area contributed by atoms with E-state index in [1.807, 2.05) is 6.92 Å². The van der Waals surface area contributed by atoms with E-state index in [-0.39, 0.29) is 16.8 Å². The van der Waals surface area contributed by atoms with E-state index in [0.29, 0.717) is 12.3 Å². The van der Waals surface area contributed by atoms with Crippen LogP contribution in [0.2, 0.25) is 0 Å². The number of rotatable bonds is 6. The number of nitrogens with one attached hydrogen (secondary N) is 1. The van der Waals surface area contributed by atoms with Gasteiger partial charge in [0.15, 0.2) is 0 Å². The Morgan fingerprint density at radius 1 is 1.30 bits per heavy atom. The van der Waals surface area contributed by atoms with Gasteiger partial charge in [-0.3, -0.25) is 4.79 Å². The number of benzene rings is 1. The van der Waals surface area contributed by atoms with Gasteiger partial charge in [0.2, 0.25) is 15.9 Å². The zero-order valence-corrected chi connectivity index (χ0v) is 14.6. The summed E-state index contributed by atoms with van der Waals surface area (Å²) in [6.45, 7) is 1.90. The fraction of sp³-hybridized carbons (Fsp3) is 0.471. The van der Waals surface area contributed by atoms with Crippen LogP contribution in [0.15, 0.2) is 41.3 Å². The summed E-state index contributed by atoms with van der Waals surface area (Å²) >= 11 is 0. The highest BCUT2D eigenvalue weighted by Crippen LogP contribution is 2.22. The van der Waals surface area contributed by atoms with Crippen molar-refractivity contribution in [2.24, 2.45) is 5.92 Å². The van der Waals surface area contributed by atoms with Crippen molar-refractivity contribution in [1.82, 2.24) is 9.62 Å². The predicted octanol–water partition coefficient (Wildman–Crippen LogP) is 2.47. The van der Waals surface area contributed by atoms with Crippen molar-refractivity contribution in [3.8, 4) is 0 Å². The molecule has 0 heterocycles. The monoisotopic (exact) mass is 336 g/mol. The van der Waals surface area contributed by atoms with Gasteiger partial charge in [-0.05, 0) is 43.4 Å². The molecule has 1 aromatic carbocycles. The summed E-state index contributed by atoms with van der Waals surface area (Å²) in [7, 11) is -0.413. The Labute approximate surface area is 138 Å². The average Bonchev–Trinajstić information content (AvgIpc) is 2.99. The van der Waals surface area contributed by atoms with Gasteiger partial charge in [-0.1, -0.05) is 24.3 Å². The van der Waals surface area contributed by atoms with E-state index >= 15 is 0 Å². The summed E-state index contributed by atoms with van der Waals surface area (Å²) in [6, 6.07) is 6.50. The van der Waals surface area contributed by atoms with E-state index in [1.165, 1.54) is 18.4 Å². The van der Waals surface area contributed by atoms with Crippen molar-refractivity contribution < 1.29 is 13.2 Å². The molecule has 1 aromatic rings. The lowest BCUT2D eigenvalue weighted by Crippen LogP contribution is -2.28. The molecule has 0 saturated carbocycles. The SMILES string of the molecule is C[C@H](NC(=O)C[C@@H]1C=CCC1)c1ccc(S(=O)(=O)N(C)C)cc1. The number of sulfonamides is 1. The smallest absolute Gasteiger partial charge is 0.242 e. The molecular formula is C17H24N2O3S. The van der Waals surface area contributed by atoms with Gasteiger partial charge < -0.3 is 5.32 Å². The molecule has 0 aromatic heterocycles. The molecule has 5 nitrogen and oxygen atoms in total. The first kappa shape index (κ1) is 17.7. The zero-order chi connectivity index (χ0) is 17.0. The van der Waals surface area contributed by atoms with Crippen molar-refractivity contribution in [2.75, 3.05) is 14.1 Å². The maximum absolute atomic E-state index is 12.1. The quantitative estimate of drug-likeness (QED) is 0.812. The number of hydrogen-bond donors (Lipinski definition) is 1. The zero-order valence-electron chi connectivity index (χ0n) is 13.8. The second-order valence-electron chi connectivity index (χ2n) is 6.12. The van der Waals surface area contributed by atoms with Gasteiger partial charge in [0.05, 0.1) is 10.9 Å². The van der Waals surface area contributed by atoms with Crippen molar-refractivity contribution in [3.05, 3.63) is 42.0 Å². The molecule has 1 aliphatic carbocycles. The first-order valence-electron chi connectivity index (χ1n) is 7.79. The third-order valence-electron chi connectivity index (χ3n) is 4.10. The molecule has 1 N–H and O–H groups in total. The molecule has 126 valence electrons. The van der Waals surface area contributed by atoms with Crippen molar-refractivity contribution in [1.29, 1.82) is 0 Å². The van der Waals surface area contributed by atoms with Crippen LogP contribution in [-0.2, 0) is 14.8 Å². The van der Waals surface area contributed by atoms with Crippen LogP contribution in [0, 0.1) is 5.92 Å². The van der Waals surface area contributed by atoms with E-state index in [9.17, 15) is 13.2 Å². The summed E-state index contributed by atoms with van der Waals surface area (Å²) in [4.78, 5) is 12.3. The Balaban J connectivity index is 1.98. The number of hydrogen-bond acceptors (Lipinski definition) is 3. The van der Waals surface area contributed by atoms with Crippen LogP contribution in [-0.4, -0.2) is 32.7 Å². The summed E-state index contributed by atoms with van der Waals surface area (Å²) in [6.07, 6.45) is 6.82. The minimum atomic E-state index is -3.42. The fourth-order valence-electron chi connectivity index (χ4n) is 2.63. The largest absolute Gasteiger partial charge is 0.350 e. The third kappa shape index (κ3) is 4.42. The Morgan fingerprint density at radius 3 is 2.48 bits per heavy atom. The van der Waals surface area contributed by atoms with E-state index in [4.69, 9.17) is 0 Å². The molecule has 0 unspecified atom stereocenters. The molecular weight excluding hydrogens is 312 g/mol. The van der Waals surface area contributed by atoms with Crippen LogP contribution >= 0.6 is 0 Å². The lowest BCUT2D eigenvalue weighted by atomic mass is 10.0. The lowest BCUT2D eigenvalue weighted by Gasteiger charge is -2.17. The molecule has 2 rings (SSSR count). The Hall–Kier alpha value is -1.66. The first-order chi connectivity index (χ1) is 10.8. The van der Waals surface area contributed by atoms with Gasteiger partial charge in [-0.25, -0.2) is 12.7 Å². The van der Waals surface area contributed by atoms with Crippen LogP contribution < -0.4 is 5.32 Å². The maximum atomic E-state index is 12.1. The van der Waals surface area contributed by atoms with Gasteiger partial charge >= 0.3 is 0 Å². The summed E-state index contributed by atoms with van der Waals surface area (Å²) in [5.74, 6) is 0.369. The van der Waals surface area contributed by atoms with Gasteiger partial charge in [0, 0.05) is 20.5 Å². The summed E-state index contributed by atoms with van der Waals surface area (Å²) in [5, 5.41) is 2.97. The number of allylic oxidation sites excluding steroid dienone is 2. The van der Waals surface area contributed by atoms with Crippen molar-refractivity contribution >= 4 is 15.9 Å². The van der Waals surface area contributed by atoms with Crippen LogP contribution in [0.5, 0.6) is 0 Å². The molecule has 1 amide bonds. The first-order valence-corrected chi connectivity index (χ1v) is 9.23. The summed E-state index contributed by atoms with van der Waals surface area (Å²) in [5.41, 5.74) is 0.887. The molecule has 0 saturated heterocycles. The van der Waals surface area contributed by atoms with Gasteiger partial charge in [-0.2, -0.15) is 0 Å². The highest BCUT2D eigenvalue weighted by atomic mass is 32.2. The van der Waals surface area contributed by atoms with Crippen LogP contribution in [0.4, 0.5) is 0 Å². The highest BCUT2D eigenvalue weighted by Gasteiger charge is 2.19. The normalized spacial score (nSPS) is 19.0. The van der Waals surface area contributed by atoms with Crippen molar-refractivity contribution in [3.63, 3.8) is 0 Å². The number of carbonyl (C=O) groups is 1. The molecule has 0 aliphatic heterocycles. The predicted molar refractivity (Wildman–Crippen MR) is 90.4 cm³/mol. The number of amides is 1. The van der Waals surface area contributed by atoms with E-state index in [0.717, 1.165) is 18.4 Å². The molecule has 23 heavy (non-hydrogen) atoms. The Bertz CT molecular complexity index is 678. The maximum Gasteiger partial charge on any atom is 0.242 e. The number of nitrogens with zero attached hydrogens (tertiary/aromatic N) is 1. The van der Waals surface area contributed by atoms with Crippen molar-refractivity contribution in [2.45, 2.75) is 37.1 Å². The Kier molecular flexibility index (Phi) is 5.59. The second kappa shape index (κ2) is 7.27. The molecule has 0 spiro atoms. The van der Waals surface area contributed by atoms with Crippen LogP contribution in [0.1, 0.15) is 37.8 Å². The molecule has 2 atom stereocenters. The van der Waals surface area contributed by atoms with Gasteiger partial charge in [-0.15, -0.1) is 0 Å². The molecule has 0 fully saturated rings. The molecule has 0 bridgehead atoms. The van der Waals surface area contributed by atoms with E-state index < -0.39 is 10.0 Å². The second-order valence-corrected chi connectivity index (χ2v) is 8.27. The Morgan fingerprint density at radius 2 is 1.96 bits per heavy atom. The van der Waals surface area contributed by atoms with E-state index in [2.05, 4.69) is 17.5 Å². The fourth-order valence-corrected chi connectivity index (χ4v) is 3.53. The minimum Gasteiger partial charge on any atom is -0.350 e. The lowest BCUT2D eigenvalue weighted by molar-refractivity contribution is -0.122. The standard InChI is InChI=1S/C17H24N2O3S/c1-13(18-17(20)12-14-6-4-5-7-14)15-8-10-16(11-9-15)23(21,22)19(2)3/h4,6,8-11,13-14H,5,7,12H2,1-3H3,(H,18,20)/t13-,14+/m0/s1. The topological polar surface area (TPSA) is 66.5 Å². The molecule has 6 heteroatoms. The van der Waals surface area contributed by atoms with Crippen LogP contribution in [0.3, 0.4) is 0 Å². The molecule has 1 aliphatic rings. The minimum absolute atomic E-state index is 0.0269. The van der Waals surface area contributed by atoms with Crippen LogP contribution in [0.25, 0.3) is 0 Å². The third-order valence-corrected chi connectivity index (χ3v) is 5.93. The van der Waals surface area contributed by atoms with Gasteiger partial charge in [0.25, 0.3) is 0 Å². The van der Waals surface area contributed by atoms with Gasteiger partial charge in [0.1, 0.15) is 0 Å². The highest BCUT2D eigenvalue weighted by molar-refractivity contribution is 7.89.